The van der Waals surface area contributed by atoms with Crippen LogP contribution in [0.4, 0.5) is 4.39 Å². The zero-order chi connectivity index (χ0) is 22.8. The number of carbonyl (C=O) groups is 2. The summed E-state index contributed by atoms with van der Waals surface area (Å²) in [6, 6.07) is 9.74. The van der Waals surface area contributed by atoms with Gasteiger partial charge in [0.15, 0.2) is 11.5 Å². The molecule has 1 atom stereocenters. The van der Waals surface area contributed by atoms with Crippen LogP contribution in [0.3, 0.4) is 0 Å². The van der Waals surface area contributed by atoms with E-state index in [-0.39, 0.29) is 23.4 Å². The summed E-state index contributed by atoms with van der Waals surface area (Å²) in [6.07, 6.45) is 0.592. The van der Waals surface area contributed by atoms with Crippen molar-refractivity contribution in [2.24, 2.45) is 0 Å². The van der Waals surface area contributed by atoms with E-state index < -0.39 is 23.5 Å². The number of fused-ring (bicyclic) bond motifs is 1. The van der Waals surface area contributed by atoms with E-state index in [9.17, 15) is 19.1 Å². The molecule has 2 aromatic rings. The first kappa shape index (κ1) is 21.8. The molecule has 2 heterocycles. The van der Waals surface area contributed by atoms with Crippen LogP contribution in [-0.2, 0) is 9.59 Å². The van der Waals surface area contributed by atoms with E-state index in [4.69, 9.17) is 9.47 Å². The quantitative estimate of drug-likeness (QED) is 0.423. The third-order valence-electron chi connectivity index (χ3n) is 5.56. The van der Waals surface area contributed by atoms with E-state index in [2.05, 4.69) is 0 Å². The lowest BCUT2D eigenvalue weighted by atomic mass is 9.94. The number of aliphatic hydroxyl groups is 1. The summed E-state index contributed by atoms with van der Waals surface area (Å²) in [5.41, 5.74) is 0.319. The van der Waals surface area contributed by atoms with Crippen LogP contribution in [0.5, 0.6) is 11.5 Å². The number of hydrogen-bond acceptors (Lipinski definition) is 6. The number of ether oxygens (including phenoxy) is 2. The van der Waals surface area contributed by atoms with E-state index >= 15 is 0 Å². The number of ketones is 1. The number of carbonyl (C=O) groups excluding carboxylic acids is 2. The lowest BCUT2D eigenvalue weighted by Crippen LogP contribution is -2.32. The van der Waals surface area contributed by atoms with Crippen molar-refractivity contribution < 1.29 is 28.6 Å². The number of Topliss-reactive ketones (excluding diaryl/α,β-unsaturated/α-hetero) is 1. The minimum absolute atomic E-state index is 0.137. The number of nitrogens with zero attached hydrogens (tertiary/aromatic N) is 2. The SMILES string of the molecule is CN(C)CCCN1C(=O)C(=O)/C(=C(\O)c2ccc3c(c2)OCCO3)C1c1ccccc1F. The summed E-state index contributed by atoms with van der Waals surface area (Å²) in [4.78, 5) is 29.2. The number of rotatable bonds is 6. The fraction of sp³-hybridized carbons (Fsp3) is 0.333. The van der Waals surface area contributed by atoms with Crippen molar-refractivity contribution in [3.63, 3.8) is 0 Å². The van der Waals surface area contributed by atoms with E-state index in [1.54, 1.807) is 24.3 Å². The number of aliphatic hydroxyl groups excluding tert-OH is 1. The number of halogens is 1. The van der Waals surface area contributed by atoms with Crippen LogP contribution >= 0.6 is 0 Å². The zero-order valence-electron chi connectivity index (χ0n) is 18.0. The van der Waals surface area contributed by atoms with Crippen molar-refractivity contribution in [1.29, 1.82) is 0 Å². The molecule has 4 rings (SSSR count). The van der Waals surface area contributed by atoms with E-state index in [1.165, 1.54) is 23.1 Å². The second-order valence-corrected chi connectivity index (χ2v) is 8.03. The zero-order valence-corrected chi connectivity index (χ0v) is 18.0. The molecule has 0 spiro atoms. The van der Waals surface area contributed by atoms with Gasteiger partial charge >= 0.3 is 0 Å². The van der Waals surface area contributed by atoms with Crippen LogP contribution in [0.15, 0.2) is 48.0 Å². The van der Waals surface area contributed by atoms with Gasteiger partial charge < -0.3 is 24.4 Å². The van der Waals surface area contributed by atoms with Gasteiger partial charge in [-0.15, -0.1) is 0 Å². The number of likely N-dealkylation sites (tertiary alicyclic amines) is 1. The molecule has 0 bridgehead atoms. The highest BCUT2D eigenvalue weighted by Gasteiger charge is 2.46. The first-order valence-electron chi connectivity index (χ1n) is 10.5. The van der Waals surface area contributed by atoms with Crippen LogP contribution in [-0.4, -0.2) is 67.0 Å². The van der Waals surface area contributed by atoms with Gasteiger partial charge in [-0.2, -0.15) is 0 Å². The minimum atomic E-state index is -1.02. The molecule has 168 valence electrons. The van der Waals surface area contributed by atoms with Gasteiger partial charge in [-0.1, -0.05) is 18.2 Å². The fourth-order valence-corrected chi connectivity index (χ4v) is 4.03. The average molecular weight is 440 g/mol. The lowest BCUT2D eigenvalue weighted by Gasteiger charge is -2.26. The molecule has 2 aliphatic heterocycles. The number of amides is 1. The molecule has 7 nitrogen and oxygen atoms in total. The Morgan fingerprint density at radius 3 is 2.56 bits per heavy atom. The van der Waals surface area contributed by atoms with Gasteiger partial charge in [0.2, 0.25) is 0 Å². The molecule has 0 aliphatic carbocycles. The topological polar surface area (TPSA) is 79.3 Å². The van der Waals surface area contributed by atoms with Crippen molar-refractivity contribution in [1.82, 2.24) is 9.80 Å². The highest BCUT2D eigenvalue weighted by Crippen LogP contribution is 2.41. The summed E-state index contributed by atoms with van der Waals surface area (Å²) in [5, 5.41) is 11.1. The van der Waals surface area contributed by atoms with Crippen molar-refractivity contribution >= 4 is 17.4 Å². The molecule has 8 heteroatoms. The third-order valence-corrected chi connectivity index (χ3v) is 5.56. The molecule has 1 N–H and O–H groups in total. The maximum Gasteiger partial charge on any atom is 0.295 e. The first-order chi connectivity index (χ1) is 15.4. The van der Waals surface area contributed by atoms with Gasteiger partial charge in [-0.05, 0) is 51.3 Å². The molecule has 1 unspecified atom stereocenters. The summed E-state index contributed by atoms with van der Waals surface area (Å²) >= 11 is 0. The van der Waals surface area contributed by atoms with Crippen LogP contribution < -0.4 is 9.47 Å². The lowest BCUT2D eigenvalue weighted by molar-refractivity contribution is -0.140. The Morgan fingerprint density at radius 2 is 1.84 bits per heavy atom. The Labute approximate surface area is 185 Å². The van der Waals surface area contributed by atoms with E-state index in [0.29, 0.717) is 43.2 Å². The van der Waals surface area contributed by atoms with Crippen molar-refractivity contribution in [3.05, 3.63) is 65.0 Å². The number of hydrogen-bond donors (Lipinski definition) is 1. The van der Waals surface area contributed by atoms with Gasteiger partial charge in [-0.25, -0.2) is 4.39 Å². The molecule has 1 saturated heterocycles. The predicted molar refractivity (Wildman–Crippen MR) is 116 cm³/mol. The second-order valence-electron chi connectivity index (χ2n) is 8.03. The van der Waals surface area contributed by atoms with Crippen LogP contribution in [0.25, 0.3) is 5.76 Å². The molecular weight excluding hydrogens is 415 g/mol. The van der Waals surface area contributed by atoms with Gasteiger partial charge in [0.1, 0.15) is 24.8 Å². The maximum atomic E-state index is 14.8. The highest BCUT2D eigenvalue weighted by atomic mass is 19.1. The van der Waals surface area contributed by atoms with E-state index in [1.807, 2.05) is 19.0 Å². The largest absolute Gasteiger partial charge is 0.507 e. The average Bonchev–Trinajstić information content (AvgIpc) is 3.03. The summed E-state index contributed by atoms with van der Waals surface area (Å²) in [7, 11) is 3.81. The molecule has 1 amide bonds. The van der Waals surface area contributed by atoms with Gasteiger partial charge in [0.25, 0.3) is 11.7 Å². The smallest absolute Gasteiger partial charge is 0.295 e. The summed E-state index contributed by atoms with van der Waals surface area (Å²) in [6.45, 7) is 1.72. The Hall–Kier alpha value is -3.39. The van der Waals surface area contributed by atoms with Gasteiger partial charge in [0, 0.05) is 17.7 Å². The molecular formula is C24H25FN2O5. The molecule has 2 aromatic carbocycles. The van der Waals surface area contributed by atoms with E-state index in [0.717, 1.165) is 0 Å². The van der Waals surface area contributed by atoms with Gasteiger partial charge in [0.05, 0.1) is 11.6 Å². The third kappa shape index (κ3) is 4.05. The fourth-order valence-electron chi connectivity index (χ4n) is 4.03. The van der Waals surface area contributed by atoms with Crippen molar-refractivity contribution in [2.75, 3.05) is 40.4 Å². The van der Waals surface area contributed by atoms with Gasteiger partial charge in [-0.3, -0.25) is 9.59 Å². The molecule has 2 aliphatic rings. The maximum absolute atomic E-state index is 14.8. The highest BCUT2D eigenvalue weighted by molar-refractivity contribution is 6.46. The molecule has 32 heavy (non-hydrogen) atoms. The monoisotopic (exact) mass is 440 g/mol. The molecule has 0 aromatic heterocycles. The molecule has 1 fully saturated rings. The van der Waals surface area contributed by atoms with Crippen molar-refractivity contribution in [2.45, 2.75) is 12.5 Å². The Balaban J connectivity index is 1.80. The predicted octanol–water partition coefficient (Wildman–Crippen LogP) is 2.97. The van der Waals surface area contributed by atoms with Crippen molar-refractivity contribution in [3.8, 4) is 11.5 Å². The standard InChI is InChI=1S/C24H25FN2O5/c1-26(2)10-5-11-27-21(16-6-3-4-7-17(16)25)20(23(29)24(27)30)22(28)15-8-9-18-19(14-15)32-13-12-31-18/h3-4,6-9,14,21,28H,5,10-13H2,1-2H3/b22-20-. The minimum Gasteiger partial charge on any atom is -0.507 e. The Kier molecular flexibility index (Phi) is 6.14. The molecule has 0 saturated carbocycles. The number of benzene rings is 2. The normalized spacial score (nSPS) is 19.6. The Bertz CT molecular complexity index is 1080. The van der Waals surface area contributed by atoms with Crippen LogP contribution in [0.1, 0.15) is 23.6 Å². The van der Waals surface area contributed by atoms with Crippen LogP contribution in [0.2, 0.25) is 0 Å². The first-order valence-corrected chi connectivity index (χ1v) is 10.5. The summed E-state index contributed by atoms with van der Waals surface area (Å²) < 4.78 is 25.9. The summed E-state index contributed by atoms with van der Waals surface area (Å²) in [5.74, 6) is -1.55. The Morgan fingerprint density at radius 1 is 1.12 bits per heavy atom. The molecule has 0 radical (unpaired) electrons. The van der Waals surface area contributed by atoms with Crippen LogP contribution in [0, 0.1) is 5.82 Å². The second kappa shape index (κ2) is 9.00.